The van der Waals surface area contributed by atoms with Crippen LogP contribution in [0.25, 0.3) is 11.0 Å². The number of aromatic nitrogens is 4. The first-order valence-corrected chi connectivity index (χ1v) is 18.4. The molecule has 0 saturated carbocycles. The van der Waals surface area contributed by atoms with Crippen LogP contribution in [0.3, 0.4) is 0 Å². The fourth-order valence-electron chi connectivity index (χ4n) is 5.04. The average molecular weight is 777 g/mol. The van der Waals surface area contributed by atoms with Gasteiger partial charge >= 0.3 is 35.5 Å². The van der Waals surface area contributed by atoms with Crippen LogP contribution in [0.5, 0.6) is 5.75 Å². The van der Waals surface area contributed by atoms with Crippen LogP contribution in [0, 0.1) is 6.92 Å². The number of nitrogens with two attached hydrogens (primary N) is 1. The van der Waals surface area contributed by atoms with E-state index < -0.39 is 40.0 Å². The van der Waals surface area contributed by atoms with Gasteiger partial charge in [0.25, 0.3) is 11.8 Å². The van der Waals surface area contributed by atoms with E-state index in [1.54, 1.807) is 13.3 Å². The number of nitrogens with zero attached hydrogens (tertiary/aromatic N) is 6. The summed E-state index contributed by atoms with van der Waals surface area (Å²) in [5.41, 5.74) is 8.63. The van der Waals surface area contributed by atoms with Gasteiger partial charge in [-0.15, -0.1) is 23.1 Å². The summed E-state index contributed by atoms with van der Waals surface area (Å²) in [4.78, 5) is 54.2. The number of nitrogens with one attached hydrogen (secondary N) is 1. The van der Waals surface area contributed by atoms with Gasteiger partial charge in [0.05, 0.1) is 28.9 Å². The Morgan fingerprint density at radius 1 is 1.27 bits per heavy atom. The number of thioether (sulfide) groups is 1. The van der Waals surface area contributed by atoms with Crippen molar-refractivity contribution in [2.45, 2.75) is 35.7 Å². The van der Waals surface area contributed by atoms with Gasteiger partial charge in [-0.25, -0.2) is 9.78 Å². The number of carbonyl (C=O) groups excluding carboxylic acids is 2. The zero-order valence-corrected chi connectivity index (χ0v) is 32.8. The maximum atomic E-state index is 12.6. The van der Waals surface area contributed by atoms with Crippen molar-refractivity contribution in [3.8, 4) is 5.75 Å². The van der Waals surface area contributed by atoms with Crippen molar-refractivity contribution in [1.29, 1.82) is 0 Å². The van der Waals surface area contributed by atoms with Crippen molar-refractivity contribution in [3.05, 3.63) is 82.8 Å². The number of para-hydroxylation sites is 2. The number of hydrogen-bond acceptors (Lipinski definition) is 14. The summed E-state index contributed by atoms with van der Waals surface area (Å²) in [6, 6.07) is 8.38. The van der Waals surface area contributed by atoms with E-state index in [2.05, 4.69) is 37.0 Å². The van der Waals surface area contributed by atoms with Crippen molar-refractivity contribution in [2.75, 3.05) is 31.8 Å². The molecule has 5 N–H and O–H groups in total. The molecule has 3 aromatic heterocycles. The summed E-state index contributed by atoms with van der Waals surface area (Å²) in [5, 5.41) is 25.2. The minimum atomic E-state index is -1.35. The third-order valence-electron chi connectivity index (χ3n) is 7.61. The molecule has 0 spiro atoms. The third-order valence-corrected chi connectivity index (χ3v) is 10.7. The number of carbonyl (C=O) groups is 3. The topological polar surface area (TPSA) is 234 Å². The monoisotopic (exact) mass is 776 g/mol. The summed E-state index contributed by atoms with van der Waals surface area (Å²) >= 11 is 2.37. The molecular weight excluding hydrogens is 744 g/mol. The Morgan fingerprint density at radius 2 is 2.04 bits per heavy atom. The van der Waals surface area contributed by atoms with Crippen molar-refractivity contribution in [2.24, 2.45) is 5.16 Å². The number of thiazole rings is 1. The molecule has 4 aromatic rings. The summed E-state index contributed by atoms with van der Waals surface area (Å²) < 4.78 is 23.4. The molecule has 0 aliphatic carbocycles. The second-order valence-electron chi connectivity index (χ2n) is 10.8. The molecule has 6 rings (SSSR count). The molecule has 1 fully saturated rings. The first-order valence-electron chi connectivity index (χ1n) is 15.2. The van der Waals surface area contributed by atoms with E-state index in [4.69, 9.17) is 20.4 Å². The normalized spacial score (nSPS) is 17.2. The number of benzene rings is 1. The minimum Gasteiger partial charge on any atom is -0.493 e. The van der Waals surface area contributed by atoms with Gasteiger partial charge in [0.1, 0.15) is 28.6 Å². The Morgan fingerprint density at radius 3 is 2.69 bits per heavy atom. The van der Waals surface area contributed by atoms with E-state index in [0.29, 0.717) is 29.7 Å². The Bertz CT molecular complexity index is 2020. The zero-order chi connectivity index (χ0) is 36.7. The quantitative estimate of drug-likeness (QED) is 0.0333. The van der Waals surface area contributed by atoms with Crippen LogP contribution in [0.2, 0.25) is 0 Å². The Kier molecular flexibility index (Phi) is 14.5. The number of oxime groups is 1. The minimum absolute atomic E-state index is 0. The van der Waals surface area contributed by atoms with Crippen LogP contribution < -0.4 is 50.3 Å². The van der Waals surface area contributed by atoms with E-state index >= 15 is 0 Å². The van der Waals surface area contributed by atoms with Crippen LogP contribution in [0.4, 0.5) is 5.13 Å². The maximum Gasteiger partial charge on any atom is 1.00 e. The number of methoxy groups -OCH3 is 1. The van der Waals surface area contributed by atoms with Gasteiger partial charge in [0, 0.05) is 48.2 Å². The second-order valence-corrected chi connectivity index (χ2v) is 14.2. The molecule has 2 amide bonds. The molecule has 20 heteroatoms. The molecule has 1 unspecified atom stereocenters. The van der Waals surface area contributed by atoms with Crippen LogP contribution in [-0.4, -0.2) is 95.4 Å². The van der Waals surface area contributed by atoms with E-state index in [1.165, 1.54) is 23.2 Å². The molecule has 0 radical (unpaired) electrons. The number of pyridine rings is 1. The molecule has 1 saturated heterocycles. The first-order chi connectivity index (χ1) is 24.6. The zero-order valence-electron chi connectivity index (χ0n) is 28.3. The first kappa shape index (κ1) is 40.7. The smallest absolute Gasteiger partial charge is 0.493 e. The predicted molar refractivity (Wildman–Crippen MR) is 191 cm³/mol. The number of carboxylic acids is 1. The van der Waals surface area contributed by atoms with Gasteiger partial charge in [-0.3, -0.25) is 23.7 Å². The van der Waals surface area contributed by atoms with Crippen molar-refractivity contribution < 1.29 is 67.9 Å². The number of nitrogen functional groups attached to an aromatic ring is 1. The number of imidazole rings is 1. The van der Waals surface area contributed by atoms with Gasteiger partial charge in [-0.2, -0.15) is 0 Å². The molecule has 16 nitrogen and oxygen atoms in total. The van der Waals surface area contributed by atoms with Crippen LogP contribution in [-0.2, 0) is 35.7 Å². The maximum absolute atomic E-state index is 12.6. The van der Waals surface area contributed by atoms with E-state index in [9.17, 15) is 23.7 Å². The number of anilines is 1. The third kappa shape index (κ3) is 9.08. The molecule has 1 aromatic carbocycles. The van der Waals surface area contributed by atoms with Gasteiger partial charge in [-0.05, 0) is 29.6 Å². The van der Waals surface area contributed by atoms with Gasteiger partial charge < -0.3 is 40.8 Å². The fraction of sp³-hybridized carbons (Fsp3) is 0.281. The number of amides is 2. The van der Waals surface area contributed by atoms with Crippen LogP contribution in [0.1, 0.15) is 23.4 Å². The number of fused-ring (bicyclic) bond motifs is 2. The van der Waals surface area contributed by atoms with E-state index in [-0.39, 0.29) is 57.5 Å². The number of allylic oxidation sites excluding steroid dienone is 1. The average Bonchev–Trinajstić information content (AvgIpc) is 3.76. The van der Waals surface area contributed by atoms with Crippen molar-refractivity contribution in [1.82, 2.24) is 30.2 Å². The number of carboxylic acid groups (broad SMARTS) is 1. The molecule has 2 aliphatic rings. The number of aliphatic carboxylic acids is 1. The SMILES string of the molecule is C=CC1=C(C(=O)O)N2C(=O)[C@@H](NC(=O)/C(=N\O)c3csc(N)n3)[C@H]2SC1.COCCCOc1ccnc(CS(=O)c2nc3ccccc3[n-]2)c1C.[Na+]. The molecule has 52 heavy (non-hydrogen) atoms. The fourth-order valence-corrected chi connectivity index (χ4v) is 8.00. The predicted octanol–water partition coefficient (Wildman–Crippen LogP) is -0.549. The summed E-state index contributed by atoms with van der Waals surface area (Å²) in [5.74, 6) is -1.26. The van der Waals surface area contributed by atoms with Gasteiger partial charge in [0.2, 0.25) is 0 Å². The molecule has 0 bridgehead atoms. The molecular formula is C32H33N8NaO8S3. The van der Waals surface area contributed by atoms with E-state index in [0.717, 1.165) is 50.7 Å². The summed E-state index contributed by atoms with van der Waals surface area (Å²) in [6.07, 6.45) is 3.88. The van der Waals surface area contributed by atoms with Crippen LogP contribution >= 0.6 is 23.1 Å². The molecule has 3 atom stereocenters. The molecule has 268 valence electrons. The standard InChI is InChI=1S/C18H20N3O3S.C14H13N5O5S2.Na/c1-13-16(19-9-8-17(13)24-11-5-10-23-2)12-25(22)18-20-14-6-3-4-7-15(14)21-18;1-2-5-3-25-12-8(11(21)19(12)9(5)13(22)23)17-10(20)7(18-24)6-4-26-14(15)16-6;/h3-4,6-9H,5,10-12H2,1-2H3;2,4,8,12,24H,1,3H2,(H2,15,16)(H,17,20)(H,22,23);/q-1;;+1/b;18-7-;/t;8-,12-;/m.1./s1. The van der Waals surface area contributed by atoms with Crippen molar-refractivity contribution in [3.63, 3.8) is 0 Å². The molecule has 2 aliphatic heterocycles. The Labute approximate surface area is 330 Å². The number of ether oxygens (including phenoxy) is 2. The second kappa shape index (κ2) is 18.6. The van der Waals surface area contributed by atoms with E-state index in [1.807, 2.05) is 37.3 Å². The Hall–Kier alpha value is -4.11. The van der Waals surface area contributed by atoms with Gasteiger partial charge in [0.15, 0.2) is 10.8 Å². The summed E-state index contributed by atoms with van der Waals surface area (Å²) in [6.45, 7) is 6.71. The molecule has 5 heterocycles. The number of hydrogen-bond donors (Lipinski definition) is 4. The Balaban J connectivity index is 0.000000228. The van der Waals surface area contributed by atoms with Gasteiger partial charge in [-0.1, -0.05) is 42.1 Å². The van der Waals surface area contributed by atoms with Crippen molar-refractivity contribution >= 4 is 73.6 Å². The summed E-state index contributed by atoms with van der Waals surface area (Å²) in [7, 11) is 0.312. The number of β-lactam (4-membered cyclic amide) rings is 1. The van der Waals surface area contributed by atoms with Crippen LogP contribution in [0.15, 0.2) is 76.1 Å². The number of rotatable bonds is 13. The largest absolute Gasteiger partial charge is 1.00 e.